The summed E-state index contributed by atoms with van der Waals surface area (Å²) in [7, 11) is 0. The Morgan fingerprint density at radius 1 is 0.905 bits per heavy atom. The minimum Gasteiger partial charge on any atom is -0.494 e. The normalized spacial score (nSPS) is 21.3. The van der Waals surface area contributed by atoms with E-state index < -0.39 is 23.4 Å². The number of ketones is 3. The van der Waals surface area contributed by atoms with E-state index in [1.54, 1.807) is 30.3 Å². The Balaban J connectivity index is 1.56. The van der Waals surface area contributed by atoms with Crippen LogP contribution < -0.4 is 9.64 Å². The topological polar surface area (TPSA) is 63.7 Å². The number of benzene rings is 4. The molecule has 1 spiro atoms. The summed E-state index contributed by atoms with van der Waals surface area (Å²) in [6, 6.07) is 25.8. The zero-order valence-corrected chi connectivity index (χ0v) is 24.0. The van der Waals surface area contributed by atoms with Gasteiger partial charge in [-0.1, -0.05) is 96.0 Å². The summed E-state index contributed by atoms with van der Waals surface area (Å²) < 4.78 is 6.10. The molecule has 2 heterocycles. The molecule has 0 bridgehead atoms. The van der Waals surface area contributed by atoms with Gasteiger partial charge in [0.05, 0.1) is 12.6 Å². The molecule has 3 atom stereocenters. The number of hydrogen-bond acceptors (Lipinski definition) is 5. The number of aryl methyl sites for hydroxylation is 1. The maximum absolute atomic E-state index is 14.8. The molecule has 42 heavy (non-hydrogen) atoms. The number of anilines is 1. The summed E-state index contributed by atoms with van der Waals surface area (Å²) in [4.78, 5) is 46.4. The quantitative estimate of drug-likeness (QED) is 0.184. The third-order valence-electron chi connectivity index (χ3n) is 8.92. The number of halogens is 1. The van der Waals surface area contributed by atoms with Gasteiger partial charge in [-0.05, 0) is 43.7 Å². The average Bonchev–Trinajstić information content (AvgIpc) is 3.43. The number of fused-ring (bicyclic) bond motifs is 5. The number of para-hydroxylation sites is 1. The zero-order chi connectivity index (χ0) is 29.2. The van der Waals surface area contributed by atoms with Crippen LogP contribution in [0.1, 0.15) is 60.6 Å². The zero-order valence-electron chi connectivity index (χ0n) is 23.2. The highest BCUT2D eigenvalue weighted by molar-refractivity contribution is 6.33. The number of ether oxygens (including phenoxy) is 1. The van der Waals surface area contributed by atoms with Crippen LogP contribution in [-0.4, -0.2) is 36.0 Å². The predicted octanol–water partition coefficient (Wildman–Crippen LogP) is 7.36. The highest BCUT2D eigenvalue weighted by Gasteiger charge is 2.71. The van der Waals surface area contributed by atoms with Gasteiger partial charge in [-0.25, -0.2) is 0 Å². The largest absolute Gasteiger partial charge is 0.494 e. The Labute approximate surface area is 249 Å². The monoisotopic (exact) mass is 573 g/mol. The van der Waals surface area contributed by atoms with Gasteiger partial charge >= 0.3 is 0 Å². The fourth-order valence-electron chi connectivity index (χ4n) is 7.20. The van der Waals surface area contributed by atoms with E-state index in [9.17, 15) is 14.4 Å². The van der Waals surface area contributed by atoms with E-state index >= 15 is 0 Å². The Morgan fingerprint density at radius 3 is 2.26 bits per heavy atom. The maximum Gasteiger partial charge on any atom is 0.185 e. The molecule has 1 fully saturated rings. The van der Waals surface area contributed by atoms with Crippen LogP contribution in [0.25, 0.3) is 6.08 Å². The minimum atomic E-state index is -1.59. The number of carbonyl (C=O) groups is 3. The predicted molar refractivity (Wildman–Crippen MR) is 164 cm³/mol. The molecule has 6 heteroatoms. The van der Waals surface area contributed by atoms with Crippen LogP contribution in [0, 0.1) is 12.3 Å². The highest BCUT2D eigenvalue weighted by Crippen LogP contribution is 2.62. The van der Waals surface area contributed by atoms with Gasteiger partial charge < -0.3 is 9.64 Å². The SMILES string of the molecule is CCOc1ccccc1[C@@H]1[C@@H](C(=O)c2ccc(C)cc2)N2c3ccc(Cl)cc3C=C[C@H]2C12C(=O)c1ccccc1C2=O. The summed E-state index contributed by atoms with van der Waals surface area (Å²) in [5, 5.41) is 0.561. The van der Waals surface area contributed by atoms with Crippen molar-refractivity contribution in [3.8, 4) is 5.75 Å². The number of carbonyl (C=O) groups excluding carboxylic acids is 3. The molecule has 0 N–H and O–H groups in total. The van der Waals surface area contributed by atoms with Crippen molar-refractivity contribution in [3.63, 3.8) is 0 Å². The molecular weight excluding hydrogens is 546 g/mol. The summed E-state index contributed by atoms with van der Waals surface area (Å²) in [6.07, 6.45) is 3.82. The van der Waals surface area contributed by atoms with Gasteiger partial charge in [0, 0.05) is 38.9 Å². The van der Waals surface area contributed by atoms with E-state index in [4.69, 9.17) is 16.3 Å². The van der Waals surface area contributed by atoms with Gasteiger partial charge in [-0.15, -0.1) is 0 Å². The van der Waals surface area contributed by atoms with Crippen molar-refractivity contribution < 1.29 is 19.1 Å². The first-order valence-electron chi connectivity index (χ1n) is 14.1. The van der Waals surface area contributed by atoms with E-state index in [1.165, 1.54) is 0 Å². The molecule has 1 saturated heterocycles. The van der Waals surface area contributed by atoms with Crippen molar-refractivity contribution in [2.45, 2.75) is 31.8 Å². The van der Waals surface area contributed by atoms with Crippen molar-refractivity contribution in [2.75, 3.05) is 11.5 Å². The molecule has 0 saturated carbocycles. The van der Waals surface area contributed by atoms with E-state index in [2.05, 4.69) is 0 Å². The Kier molecular flexibility index (Phi) is 6.17. The second-order valence-electron chi connectivity index (χ2n) is 11.1. The smallest absolute Gasteiger partial charge is 0.185 e. The molecule has 1 aliphatic carbocycles. The number of nitrogens with zero attached hydrogens (tertiary/aromatic N) is 1. The fraction of sp³-hybridized carbons (Fsp3) is 0.194. The van der Waals surface area contributed by atoms with Gasteiger partial charge in [-0.2, -0.15) is 0 Å². The molecule has 2 aliphatic heterocycles. The lowest BCUT2D eigenvalue weighted by atomic mass is 9.64. The third-order valence-corrected chi connectivity index (χ3v) is 9.16. The van der Waals surface area contributed by atoms with Gasteiger partial charge in [0.25, 0.3) is 0 Å². The molecule has 4 aromatic carbocycles. The van der Waals surface area contributed by atoms with Crippen LogP contribution in [0.15, 0.2) is 97.1 Å². The van der Waals surface area contributed by atoms with Crippen molar-refractivity contribution >= 4 is 40.7 Å². The molecule has 7 rings (SSSR count). The van der Waals surface area contributed by atoms with Gasteiger partial charge in [-0.3, -0.25) is 14.4 Å². The Bertz CT molecular complexity index is 1770. The summed E-state index contributed by atoms with van der Waals surface area (Å²) >= 11 is 6.39. The number of rotatable bonds is 5. The number of Topliss-reactive ketones (excluding diaryl/α,β-unsaturated/α-hetero) is 3. The second-order valence-corrected chi connectivity index (χ2v) is 11.5. The van der Waals surface area contributed by atoms with Crippen molar-refractivity contribution in [2.24, 2.45) is 5.41 Å². The molecule has 4 aromatic rings. The van der Waals surface area contributed by atoms with Crippen molar-refractivity contribution in [1.82, 2.24) is 0 Å². The van der Waals surface area contributed by atoms with Gasteiger partial charge in [0.15, 0.2) is 17.3 Å². The maximum atomic E-state index is 14.8. The fourth-order valence-corrected chi connectivity index (χ4v) is 7.38. The molecule has 0 aromatic heterocycles. The molecule has 0 unspecified atom stereocenters. The lowest BCUT2D eigenvalue weighted by Gasteiger charge is -2.37. The van der Waals surface area contributed by atoms with E-state index in [0.29, 0.717) is 39.6 Å². The van der Waals surface area contributed by atoms with Gasteiger partial charge in [0.2, 0.25) is 0 Å². The van der Waals surface area contributed by atoms with Crippen LogP contribution >= 0.6 is 11.6 Å². The standard InChI is InChI=1S/C36H28ClNO4/c1-3-42-29-11-7-6-10-27(29)31-32(33(39)22-14-12-21(2)13-15-22)38-28-18-17-24(37)20-23(28)16-19-30(38)36(31)34(40)25-8-4-5-9-26(25)35(36)41/h4-20,30-32H,3H2,1-2H3/t30-,31+,32-/m0/s1. The molecule has 208 valence electrons. The molecule has 0 amide bonds. The Morgan fingerprint density at radius 2 is 1.57 bits per heavy atom. The number of hydrogen-bond donors (Lipinski definition) is 0. The summed E-state index contributed by atoms with van der Waals surface area (Å²) in [6.45, 7) is 4.26. The van der Waals surface area contributed by atoms with Crippen molar-refractivity contribution in [3.05, 3.63) is 135 Å². The van der Waals surface area contributed by atoms with Gasteiger partial charge in [0.1, 0.15) is 17.2 Å². The van der Waals surface area contributed by atoms with E-state index in [0.717, 1.165) is 16.8 Å². The first-order valence-corrected chi connectivity index (χ1v) is 14.5. The van der Waals surface area contributed by atoms with Crippen LogP contribution in [0.4, 0.5) is 5.69 Å². The molecule has 0 radical (unpaired) electrons. The first-order chi connectivity index (χ1) is 20.4. The molecule has 3 aliphatic rings. The Hall–Kier alpha value is -4.48. The molecular formula is C36H28ClNO4. The second kappa shape index (κ2) is 9.81. The minimum absolute atomic E-state index is 0.166. The highest BCUT2D eigenvalue weighted by atomic mass is 35.5. The summed E-state index contributed by atoms with van der Waals surface area (Å²) in [5.41, 5.74) is 2.98. The van der Waals surface area contributed by atoms with E-state index in [1.807, 2.05) is 91.6 Å². The van der Waals surface area contributed by atoms with Crippen LogP contribution in [0.2, 0.25) is 5.02 Å². The lowest BCUT2D eigenvalue weighted by Crippen LogP contribution is -2.48. The third kappa shape index (κ3) is 3.59. The lowest BCUT2D eigenvalue weighted by molar-refractivity contribution is 0.0664. The molecule has 5 nitrogen and oxygen atoms in total. The average molecular weight is 574 g/mol. The van der Waals surface area contributed by atoms with E-state index in [-0.39, 0.29) is 17.3 Å². The van der Waals surface area contributed by atoms with Crippen LogP contribution in [-0.2, 0) is 0 Å². The summed E-state index contributed by atoms with van der Waals surface area (Å²) in [5.74, 6) is -0.979. The first kappa shape index (κ1) is 26.4. The van der Waals surface area contributed by atoms with Crippen molar-refractivity contribution in [1.29, 1.82) is 0 Å². The van der Waals surface area contributed by atoms with Crippen LogP contribution in [0.3, 0.4) is 0 Å². The van der Waals surface area contributed by atoms with Crippen LogP contribution in [0.5, 0.6) is 5.75 Å².